The second-order valence-electron chi connectivity index (χ2n) is 8.05. The fourth-order valence-corrected chi connectivity index (χ4v) is 4.07. The van der Waals surface area contributed by atoms with Crippen molar-refractivity contribution in [2.24, 2.45) is 0 Å². The van der Waals surface area contributed by atoms with Crippen LogP contribution < -0.4 is 9.47 Å². The van der Waals surface area contributed by atoms with Crippen molar-refractivity contribution in [3.8, 4) is 11.5 Å². The van der Waals surface area contributed by atoms with Crippen LogP contribution in [0.2, 0.25) is 5.02 Å². The Hall–Kier alpha value is -3.02. The van der Waals surface area contributed by atoms with Crippen molar-refractivity contribution in [2.45, 2.75) is 20.1 Å². The lowest BCUT2D eigenvalue weighted by atomic mass is 10.1. The normalized spacial score (nSPS) is 14.2. The predicted molar refractivity (Wildman–Crippen MR) is 131 cm³/mol. The Morgan fingerprint density at radius 2 is 1.64 bits per heavy atom. The smallest absolute Gasteiger partial charge is 0.253 e. The van der Waals surface area contributed by atoms with Crippen molar-refractivity contribution in [2.75, 3.05) is 32.8 Å². The average Bonchev–Trinajstić information content (AvgIpc) is 2.85. The zero-order valence-electron chi connectivity index (χ0n) is 18.9. The van der Waals surface area contributed by atoms with E-state index in [-0.39, 0.29) is 5.91 Å². The van der Waals surface area contributed by atoms with Crippen LogP contribution >= 0.6 is 11.6 Å². The van der Waals surface area contributed by atoms with Gasteiger partial charge in [0.05, 0.1) is 6.61 Å². The van der Waals surface area contributed by atoms with E-state index >= 15 is 0 Å². The Labute approximate surface area is 200 Å². The molecule has 4 rings (SSSR count). The number of halogens is 1. The maximum Gasteiger partial charge on any atom is 0.253 e. The van der Waals surface area contributed by atoms with Crippen LogP contribution in [0.5, 0.6) is 11.5 Å². The molecule has 1 heterocycles. The summed E-state index contributed by atoms with van der Waals surface area (Å²) in [6.45, 7) is 6.88. The lowest BCUT2D eigenvalue weighted by Gasteiger charge is -2.35. The van der Waals surface area contributed by atoms with Crippen LogP contribution in [0.15, 0.2) is 72.8 Å². The molecule has 0 unspecified atom stereocenters. The van der Waals surface area contributed by atoms with Gasteiger partial charge in [0, 0.05) is 48.9 Å². The second kappa shape index (κ2) is 11.2. The third-order valence-corrected chi connectivity index (χ3v) is 5.98. The number of benzene rings is 3. The van der Waals surface area contributed by atoms with E-state index in [2.05, 4.69) is 29.2 Å². The molecule has 0 atom stereocenters. The predicted octanol–water partition coefficient (Wildman–Crippen LogP) is 5.28. The first kappa shape index (κ1) is 23.1. The summed E-state index contributed by atoms with van der Waals surface area (Å²) in [7, 11) is 0. The molecule has 0 radical (unpaired) electrons. The van der Waals surface area contributed by atoms with E-state index in [1.54, 1.807) is 12.1 Å². The summed E-state index contributed by atoms with van der Waals surface area (Å²) in [6, 6.07) is 23.3. The van der Waals surface area contributed by atoms with Crippen LogP contribution in [0.4, 0.5) is 0 Å². The molecule has 6 heteroatoms. The number of piperazine rings is 1. The molecule has 0 saturated carbocycles. The molecule has 0 N–H and O–H groups in total. The number of ether oxygens (including phenoxy) is 2. The summed E-state index contributed by atoms with van der Waals surface area (Å²) < 4.78 is 11.7. The van der Waals surface area contributed by atoms with Crippen LogP contribution in [0, 0.1) is 0 Å². The highest BCUT2D eigenvalue weighted by molar-refractivity contribution is 6.30. The van der Waals surface area contributed by atoms with E-state index in [1.807, 2.05) is 48.2 Å². The number of amides is 1. The minimum atomic E-state index is 0.0464. The summed E-state index contributed by atoms with van der Waals surface area (Å²) in [6.07, 6.45) is 0. The molecule has 1 aliphatic heterocycles. The van der Waals surface area contributed by atoms with Crippen molar-refractivity contribution in [3.63, 3.8) is 0 Å². The maximum atomic E-state index is 13.2. The molecular formula is C27H29ClN2O3. The largest absolute Gasteiger partial charge is 0.493 e. The molecule has 3 aromatic carbocycles. The number of carbonyl (C=O) groups is 1. The van der Waals surface area contributed by atoms with Gasteiger partial charge in [-0.15, -0.1) is 0 Å². The molecule has 33 heavy (non-hydrogen) atoms. The Morgan fingerprint density at radius 3 is 2.33 bits per heavy atom. The third-order valence-electron chi connectivity index (χ3n) is 5.72. The van der Waals surface area contributed by atoms with Gasteiger partial charge in [0.15, 0.2) is 0 Å². The molecule has 5 nitrogen and oxygen atoms in total. The number of rotatable bonds is 8. The highest BCUT2D eigenvalue weighted by Gasteiger charge is 2.23. The molecule has 0 aliphatic carbocycles. The van der Waals surface area contributed by atoms with Gasteiger partial charge < -0.3 is 14.4 Å². The highest BCUT2D eigenvalue weighted by atomic mass is 35.5. The molecule has 0 spiro atoms. The molecular weight excluding hydrogens is 436 g/mol. The zero-order valence-corrected chi connectivity index (χ0v) is 19.6. The number of carbonyl (C=O) groups excluding carboxylic acids is 1. The Morgan fingerprint density at radius 1 is 0.909 bits per heavy atom. The van der Waals surface area contributed by atoms with Gasteiger partial charge in [-0.2, -0.15) is 0 Å². The maximum absolute atomic E-state index is 13.2. The lowest BCUT2D eigenvalue weighted by Crippen LogP contribution is -2.48. The standard InChI is InChI=1S/C27H29ClN2O3/c1-2-32-26-13-8-22(18-23(26)20-33-25-11-9-24(28)10-12-25)27(31)30-16-14-29(15-17-30)19-21-6-4-3-5-7-21/h3-13,18H,2,14-17,19-20H2,1H3. The number of nitrogens with zero attached hydrogens (tertiary/aromatic N) is 2. The van der Waals surface area contributed by atoms with E-state index in [9.17, 15) is 4.79 Å². The van der Waals surface area contributed by atoms with Gasteiger partial charge in [-0.05, 0) is 55.0 Å². The Kier molecular flexibility index (Phi) is 7.87. The summed E-state index contributed by atoms with van der Waals surface area (Å²) in [5.41, 5.74) is 2.80. The van der Waals surface area contributed by atoms with E-state index in [0.29, 0.717) is 29.5 Å². The summed E-state index contributed by atoms with van der Waals surface area (Å²) in [4.78, 5) is 17.5. The molecule has 0 bridgehead atoms. The highest BCUT2D eigenvalue weighted by Crippen LogP contribution is 2.24. The fraction of sp³-hybridized carbons (Fsp3) is 0.296. The van der Waals surface area contributed by atoms with Crippen LogP contribution in [0.3, 0.4) is 0 Å². The Bertz CT molecular complexity index is 1050. The molecule has 0 aromatic heterocycles. The zero-order chi connectivity index (χ0) is 23.0. The topological polar surface area (TPSA) is 42.0 Å². The quantitative estimate of drug-likeness (QED) is 0.455. The molecule has 1 fully saturated rings. The van der Waals surface area contributed by atoms with Gasteiger partial charge in [0.1, 0.15) is 18.1 Å². The monoisotopic (exact) mass is 464 g/mol. The van der Waals surface area contributed by atoms with Crippen molar-refractivity contribution >= 4 is 17.5 Å². The number of hydrogen-bond acceptors (Lipinski definition) is 4. The SMILES string of the molecule is CCOc1ccc(C(=O)N2CCN(Cc3ccccc3)CC2)cc1COc1ccc(Cl)cc1. The molecule has 1 saturated heterocycles. The second-order valence-corrected chi connectivity index (χ2v) is 8.49. The summed E-state index contributed by atoms with van der Waals surface area (Å²) in [5.74, 6) is 1.49. The minimum Gasteiger partial charge on any atom is -0.493 e. The third kappa shape index (κ3) is 6.28. The molecule has 3 aromatic rings. The van der Waals surface area contributed by atoms with Gasteiger partial charge in [0.25, 0.3) is 5.91 Å². The van der Waals surface area contributed by atoms with Crippen molar-refractivity contribution in [3.05, 3.63) is 94.5 Å². The van der Waals surface area contributed by atoms with Crippen molar-refractivity contribution in [1.29, 1.82) is 0 Å². The van der Waals surface area contributed by atoms with Gasteiger partial charge >= 0.3 is 0 Å². The van der Waals surface area contributed by atoms with Gasteiger partial charge in [-0.25, -0.2) is 0 Å². The first-order chi connectivity index (χ1) is 16.1. The van der Waals surface area contributed by atoms with E-state index in [4.69, 9.17) is 21.1 Å². The van der Waals surface area contributed by atoms with Gasteiger partial charge in [-0.3, -0.25) is 9.69 Å². The van der Waals surface area contributed by atoms with Crippen LogP contribution in [-0.4, -0.2) is 48.5 Å². The fourth-order valence-electron chi connectivity index (χ4n) is 3.95. The van der Waals surface area contributed by atoms with E-state index in [0.717, 1.165) is 44.0 Å². The van der Waals surface area contributed by atoms with Gasteiger partial charge in [-0.1, -0.05) is 41.9 Å². The number of hydrogen-bond donors (Lipinski definition) is 0. The first-order valence-electron chi connectivity index (χ1n) is 11.3. The Balaban J connectivity index is 1.39. The van der Waals surface area contributed by atoms with E-state index in [1.165, 1.54) is 5.56 Å². The van der Waals surface area contributed by atoms with Crippen molar-refractivity contribution < 1.29 is 14.3 Å². The van der Waals surface area contributed by atoms with Crippen LogP contribution in [0.1, 0.15) is 28.4 Å². The summed E-state index contributed by atoms with van der Waals surface area (Å²) in [5, 5.41) is 0.661. The lowest BCUT2D eigenvalue weighted by molar-refractivity contribution is 0.0628. The minimum absolute atomic E-state index is 0.0464. The van der Waals surface area contributed by atoms with Crippen LogP contribution in [-0.2, 0) is 13.2 Å². The first-order valence-corrected chi connectivity index (χ1v) is 11.7. The molecule has 1 aliphatic rings. The molecule has 172 valence electrons. The van der Waals surface area contributed by atoms with Crippen LogP contribution in [0.25, 0.3) is 0 Å². The summed E-state index contributed by atoms with van der Waals surface area (Å²) >= 11 is 5.95. The van der Waals surface area contributed by atoms with Crippen molar-refractivity contribution in [1.82, 2.24) is 9.80 Å². The molecule has 1 amide bonds. The van der Waals surface area contributed by atoms with Gasteiger partial charge in [0.2, 0.25) is 0 Å². The average molecular weight is 465 g/mol. The van der Waals surface area contributed by atoms with E-state index < -0.39 is 0 Å².